The van der Waals surface area contributed by atoms with E-state index in [1.54, 1.807) is 5.56 Å². The Kier molecular flexibility index (Phi) is 5.42. The molecule has 1 nitrogen and oxygen atoms in total. The summed E-state index contributed by atoms with van der Waals surface area (Å²) in [6, 6.07) is 36.5. The highest BCUT2D eigenvalue weighted by atomic mass is 16.3. The van der Waals surface area contributed by atoms with Crippen LogP contribution in [0.1, 0.15) is 70.4 Å². The van der Waals surface area contributed by atoms with Gasteiger partial charge in [-0.15, -0.1) is 0 Å². The molecule has 1 heteroatoms. The molecule has 0 atom stereocenters. The lowest BCUT2D eigenvalue weighted by Gasteiger charge is -2.57. The van der Waals surface area contributed by atoms with Gasteiger partial charge in [0.25, 0.3) is 0 Å². The minimum atomic E-state index is 0.0294. The zero-order valence-corrected chi connectivity index (χ0v) is 25.6. The van der Waals surface area contributed by atoms with Gasteiger partial charge in [-0.05, 0) is 118 Å². The molecule has 0 radical (unpaired) electrons. The van der Waals surface area contributed by atoms with Gasteiger partial charge in [0, 0.05) is 21.9 Å². The average Bonchev–Trinajstić information content (AvgIpc) is 3.38. The fourth-order valence-electron chi connectivity index (χ4n) is 9.60. The third-order valence-electron chi connectivity index (χ3n) is 11.4. The molecular weight excluding hydrogens is 520 g/mol. The Balaban J connectivity index is 1.20. The summed E-state index contributed by atoms with van der Waals surface area (Å²) in [5.74, 6) is 2.88. The SMILES string of the molecule is CC(C)(C)c1cc(-c2ccc(C34CC5CC(CC(C5)C3)C4)cc2)c2oc3c(-c4ccc5ccccc5c4)cccc3c2c1. The Morgan fingerprint density at radius 2 is 1.23 bits per heavy atom. The highest BCUT2D eigenvalue weighted by Gasteiger charge is 2.51. The van der Waals surface area contributed by atoms with Gasteiger partial charge in [0.2, 0.25) is 0 Å². The Morgan fingerprint density at radius 1 is 0.581 bits per heavy atom. The van der Waals surface area contributed by atoms with Gasteiger partial charge < -0.3 is 4.42 Å². The third kappa shape index (κ3) is 4.04. The summed E-state index contributed by atoms with van der Waals surface area (Å²) < 4.78 is 6.93. The number of hydrogen-bond donors (Lipinski definition) is 0. The maximum atomic E-state index is 6.93. The van der Waals surface area contributed by atoms with Crippen LogP contribution in [0.25, 0.3) is 55.0 Å². The number of benzene rings is 5. The van der Waals surface area contributed by atoms with E-state index in [2.05, 4.69) is 118 Å². The Bertz CT molecular complexity index is 1990. The number of para-hydroxylation sites is 1. The topological polar surface area (TPSA) is 13.1 Å². The van der Waals surface area contributed by atoms with Crippen molar-refractivity contribution < 1.29 is 4.42 Å². The molecule has 0 N–H and O–H groups in total. The largest absolute Gasteiger partial charge is 0.455 e. The van der Waals surface area contributed by atoms with Crippen LogP contribution in [0.3, 0.4) is 0 Å². The zero-order valence-electron chi connectivity index (χ0n) is 25.6. The lowest BCUT2D eigenvalue weighted by Crippen LogP contribution is -2.48. The predicted molar refractivity (Wildman–Crippen MR) is 181 cm³/mol. The summed E-state index contributed by atoms with van der Waals surface area (Å²) in [6.45, 7) is 6.95. The van der Waals surface area contributed by atoms with Crippen LogP contribution in [0.4, 0.5) is 0 Å². The van der Waals surface area contributed by atoms with E-state index in [4.69, 9.17) is 4.42 Å². The van der Waals surface area contributed by atoms with Crippen molar-refractivity contribution in [2.45, 2.75) is 70.1 Å². The van der Waals surface area contributed by atoms with Gasteiger partial charge in [0.1, 0.15) is 11.2 Å². The van der Waals surface area contributed by atoms with E-state index < -0.39 is 0 Å². The molecule has 4 bridgehead atoms. The highest BCUT2D eigenvalue weighted by Crippen LogP contribution is 2.60. The summed E-state index contributed by atoms with van der Waals surface area (Å²) >= 11 is 0. The van der Waals surface area contributed by atoms with E-state index in [-0.39, 0.29) is 5.41 Å². The quantitative estimate of drug-likeness (QED) is 0.210. The van der Waals surface area contributed by atoms with Crippen LogP contribution >= 0.6 is 0 Å². The molecule has 4 aliphatic carbocycles. The molecule has 214 valence electrons. The highest BCUT2D eigenvalue weighted by molar-refractivity contribution is 6.13. The van der Waals surface area contributed by atoms with Crippen LogP contribution in [-0.4, -0.2) is 0 Å². The smallest absolute Gasteiger partial charge is 0.143 e. The lowest BCUT2D eigenvalue weighted by atomic mass is 9.48. The molecule has 4 aliphatic rings. The van der Waals surface area contributed by atoms with Gasteiger partial charge in [-0.25, -0.2) is 0 Å². The lowest BCUT2D eigenvalue weighted by molar-refractivity contribution is -0.00518. The second-order valence-corrected chi connectivity index (χ2v) is 15.3. The van der Waals surface area contributed by atoms with Crippen molar-refractivity contribution in [3.8, 4) is 22.3 Å². The van der Waals surface area contributed by atoms with Gasteiger partial charge in [-0.2, -0.15) is 0 Å². The Morgan fingerprint density at radius 3 is 1.93 bits per heavy atom. The molecule has 5 aromatic carbocycles. The van der Waals surface area contributed by atoms with Crippen molar-refractivity contribution in [3.05, 3.63) is 108 Å². The minimum absolute atomic E-state index is 0.0294. The number of fused-ring (bicyclic) bond motifs is 4. The van der Waals surface area contributed by atoms with Gasteiger partial charge in [0.15, 0.2) is 0 Å². The van der Waals surface area contributed by atoms with Crippen LogP contribution in [0.5, 0.6) is 0 Å². The van der Waals surface area contributed by atoms with Gasteiger partial charge in [-0.3, -0.25) is 0 Å². The van der Waals surface area contributed by atoms with Crippen LogP contribution in [0, 0.1) is 17.8 Å². The van der Waals surface area contributed by atoms with Gasteiger partial charge in [0.05, 0.1) is 0 Å². The average molecular weight is 561 g/mol. The molecule has 1 aromatic heterocycles. The van der Waals surface area contributed by atoms with Gasteiger partial charge >= 0.3 is 0 Å². The monoisotopic (exact) mass is 560 g/mol. The Labute approximate surface area is 254 Å². The molecule has 0 aliphatic heterocycles. The van der Waals surface area contributed by atoms with E-state index in [1.807, 2.05) is 0 Å². The molecule has 43 heavy (non-hydrogen) atoms. The second kappa shape index (κ2) is 9.08. The Hall–Kier alpha value is -3.84. The third-order valence-corrected chi connectivity index (χ3v) is 11.4. The van der Waals surface area contributed by atoms with E-state index in [1.165, 1.54) is 82.3 Å². The second-order valence-electron chi connectivity index (χ2n) is 15.3. The normalized spacial score (nSPS) is 24.9. The van der Waals surface area contributed by atoms with E-state index in [0.717, 1.165) is 34.5 Å². The molecule has 6 aromatic rings. The first-order valence-corrected chi connectivity index (χ1v) is 16.4. The van der Waals surface area contributed by atoms with Crippen molar-refractivity contribution >= 4 is 32.7 Å². The van der Waals surface area contributed by atoms with E-state index >= 15 is 0 Å². The molecule has 10 rings (SSSR count). The minimum Gasteiger partial charge on any atom is -0.455 e. The molecule has 4 saturated carbocycles. The first-order chi connectivity index (χ1) is 20.8. The standard InChI is InChI=1S/C42H40O/c1-41(2,3)34-21-37(30-13-15-33(16-14-30)42-23-26-17-27(24-42)19-28(18-26)25-42)40-38(22-34)36-10-6-9-35(39(36)43-40)32-12-11-29-7-4-5-8-31(29)20-32/h4-16,20-22,26-28H,17-19,23-25H2,1-3H3. The molecule has 1 heterocycles. The summed E-state index contributed by atoms with van der Waals surface area (Å²) in [5.41, 5.74) is 10.2. The fraction of sp³-hybridized carbons (Fsp3) is 0.333. The van der Waals surface area contributed by atoms with Crippen LogP contribution < -0.4 is 0 Å². The first-order valence-electron chi connectivity index (χ1n) is 16.4. The maximum Gasteiger partial charge on any atom is 0.143 e. The summed E-state index contributed by atoms with van der Waals surface area (Å²) in [7, 11) is 0. The number of rotatable bonds is 3. The zero-order chi connectivity index (χ0) is 28.9. The molecule has 0 unspecified atom stereocenters. The molecule has 0 spiro atoms. The van der Waals surface area contributed by atoms with Crippen LogP contribution in [0.15, 0.2) is 101 Å². The van der Waals surface area contributed by atoms with Crippen molar-refractivity contribution in [2.24, 2.45) is 17.8 Å². The summed E-state index contributed by atoms with van der Waals surface area (Å²) in [5, 5.41) is 4.92. The van der Waals surface area contributed by atoms with E-state index in [0.29, 0.717) is 5.41 Å². The van der Waals surface area contributed by atoms with Crippen LogP contribution in [0.2, 0.25) is 0 Å². The maximum absolute atomic E-state index is 6.93. The van der Waals surface area contributed by atoms with Crippen molar-refractivity contribution in [1.29, 1.82) is 0 Å². The summed E-state index contributed by atoms with van der Waals surface area (Å²) in [4.78, 5) is 0. The molecule has 0 amide bonds. The van der Waals surface area contributed by atoms with Gasteiger partial charge in [-0.1, -0.05) is 99.6 Å². The molecule has 4 fully saturated rings. The molecular formula is C42H40O. The predicted octanol–water partition coefficient (Wildman–Crippen LogP) is 11.8. The number of furan rings is 1. The first kappa shape index (κ1) is 25.6. The molecule has 0 saturated heterocycles. The van der Waals surface area contributed by atoms with Crippen molar-refractivity contribution in [3.63, 3.8) is 0 Å². The fourth-order valence-corrected chi connectivity index (χ4v) is 9.60. The van der Waals surface area contributed by atoms with Crippen molar-refractivity contribution in [1.82, 2.24) is 0 Å². The van der Waals surface area contributed by atoms with E-state index in [9.17, 15) is 0 Å². The number of hydrogen-bond acceptors (Lipinski definition) is 1. The summed E-state index contributed by atoms with van der Waals surface area (Å²) in [6.07, 6.45) is 8.68. The van der Waals surface area contributed by atoms with Crippen LogP contribution in [-0.2, 0) is 10.8 Å². The van der Waals surface area contributed by atoms with Crippen molar-refractivity contribution in [2.75, 3.05) is 0 Å².